The number of amides is 1. The van der Waals surface area contributed by atoms with Gasteiger partial charge in [0, 0.05) is 57.5 Å². The van der Waals surface area contributed by atoms with Crippen LogP contribution in [0.1, 0.15) is 132 Å². The maximum Gasteiger partial charge on any atom is 0.329 e. The summed E-state index contributed by atoms with van der Waals surface area (Å²) in [4.78, 5) is 85.3. The number of fused-ring (bicyclic) bond motifs is 3. The molecule has 3 fully saturated rings. The van der Waals surface area contributed by atoms with Crippen LogP contribution in [0.5, 0.6) is 0 Å². The second kappa shape index (κ2) is 28.3. The minimum Gasteiger partial charge on any atom is -0.460 e. The fraction of sp³-hybridized carbons (Fsp3) is 0.750. The summed E-state index contributed by atoms with van der Waals surface area (Å²) in [5.74, 6) is -9.88. The van der Waals surface area contributed by atoms with Crippen LogP contribution < -0.4 is 0 Å². The van der Waals surface area contributed by atoms with Gasteiger partial charge in [0.15, 0.2) is 11.6 Å². The highest BCUT2D eigenvalue weighted by atomic mass is 16.6. The van der Waals surface area contributed by atoms with Crippen molar-refractivity contribution in [3.63, 3.8) is 0 Å². The summed E-state index contributed by atoms with van der Waals surface area (Å²) < 4.78 is 29.6. The molecule has 17 heteroatoms. The van der Waals surface area contributed by atoms with Gasteiger partial charge in [-0.15, -0.1) is 0 Å². The third-order valence-electron chi connectivity index (χ3n) is 16.1. The van der Waals surface area contributed by atoms with Gasteiger partial charge in [-0.1, -0.05) is 76.6 Å². The number of hydrogen-bond donors (Lipinski definition) is 5. The van der Waals surface area contributed by atoms with Crippen LogP contribution in [-0.4, -0.2) is 155 Å². The van der Waals surface area contributed by atoms with Crippen LogP contribution in [0.2, 0.25) is 0 Å². The van der Waals surface area contributed by atoms with E-state index in [1.165, 1.54) is 21.1 Å². The third kappa shape index (κ3) is 16.0. The van der Waals surface area contributed by atoms with Gasteiger partial charge in [0.1, 0.15) is 29.8 Å². The molecule has 2 saturated heterocycles. The van der Waals surface area contributed by atoms with Crippen molar-refractivity contribution in [1.82, 2.24) is 4.90 Å². The highest BCUT2D eigenvalue weighted by molar-refractivity contribution is 6.39. The zero-order valence-electron chi connectivity index (χ0n) is 45.0. The molecule has 0 spiro atoms. The Morgan fingerprint density at radius 3 is 2.23 bits per heavy atom. The molecule has 3 aliphatic heterocycles. The van der Waals surface area contributed by atoms with Gasteiger partial charge < -0.3 is 54.1 Å². The molecule has 412 valence electrons. The van der Waals surface area contributed by atoms with E-state index in [4.69, 9.17) is 23.7 Å². The number of aliphatic hydroxyl groups is 5. The van der Waals surface area contributed by atoms with E-state index in [9.17, 15) is 54.3 Å². The Kier molecular flexibility index (Phi) is 23.9. The van der Waals surface area contributed by atoms with Crippen molar-refractivity contribution in [3.8, 4) is 0 Å². The summed E-state index contributed by atoms with van der Waals surface area (Å²) in [6.45, 7) is 12.4. The van der Waals surface area contributed by atoms with Gasteiger partial charge in [-0.3, -0.25) is 24.0 Å². The number of cyclic esters (lactones) is 1. The first-order valence-corrected chi connectivity index (χ1v) is 26.5. The van der Waals surface area contributed by atoms with E-state index in [2.05, 4.69) is 0 Å². The van der Waals surface area contributed by atoms with E-state index < -0.39 is 120 Å². The van der Waals surface area contributed by atoms with Crippen LogP contribution in [0.25, 0.3) is 0 Å². The summed E-state index contributed by atoms with van der Waals surface area (Å²) in [5, 5.41) is 53.5. The molecule has 1 saturated carbocycles. The largest absolute Gasteiger partial charge is 0.460 e. The minimum absolute atomic E-state index is 0.0196. The van der Waals surface area contributed by atoms with Crippen molar-refractivity contribution in [2.45, 2.75) is 181 Å². The molecule has 0 aromatic rings. The number of carbonyl (C=O) groups is 6. The molecule has 5 N–H and O–H groups in total. The van der Waals surface area contributed by atoms with Gasteiger partial charge in [-0.25, -0.2) is 4.79 Å². The first-order chi connectivity index (χ1) is 34.5. The van der Waals surface area contributed by atoms with Gasteiger partial charge in [0.2, 0.25) is 5.79 Å². The zero-order chi connectivity index (χ0) is 54.4. The number of esters is 2. The monoisotopic (exact) mass is 1030 g/mol. The van der Waals surface area contributed by atoms with E-state index in [0.717, 1.165) is 10.5 Å². The number of piperidine rings is 1. The lowest BCUT2D eigenvalue weighted by Gasteiger charge is -2.43. The number of Topliss-reactive ketones (excluding diaryl/α,β-unsaturated/α-hetero) is 3. The molecule has 15 atom stereocenters. The lowest BCUT2D eigenvalue weighted by atomic mass is 9.78. The fourth-order valence-corrected chi connectivity index (χ4v) is 10.8. The molecule has 0 radical (unpaired) electrons. The van der Waals surface area contributed by atoms with Crippen molar-refractivity contribution in [1.29, 1.82) is 0 Å². The number of nitrogens with zero attached hydrogens (tertiary/aromatic N) is 1. The predicted octanol–water partition coefficient (Wildman–Crippen LogP) is 5.32. The van der Waals surface area contributed by atoms with Crippen molar-refractivity contribution >= 4 is 35.2 Å². The molecular weight excluding hydrogens is 943 g/mol. The van der Waals surface area contributed by atoms with Crippen LogP contribution in [0.4, 0.5) is 0 Å². The maximum absolute atomic E-state index is 14.5. The highest BCUT2D eigenvalue weighted by Gasteiger charge is 2.53. The number of allylic oxidation sites excluding steroid dienone is 6. The molecule has 1 aliphatic carbocycles. The normalized spacial score (nSPS) is 35.1. The molecule has 4 aliphatic rings. The summed E-state index contributed by atoms with van der Waals surface area (Å²) in [6.07, 6.45) is 9.88. The number of aliphatic hydroxyl groups excluding tert-OH is 4. The van der Waals surface area contributed by atoms with Gasteiger partial charge in [0.25, 0.3) is 11.7 Å². The van der Waals surface area contributed by atoms with E-state index >= 15 is 0 Å². The number of hydrogen-bond acceptors (Lipinski definition) is 16. The fourth-order valence-electron chi connectivity index (χ4n) is 10.8. The van der Waals surface area contributed by atoms with Crippen molar-refractivity contribution in [3.05, 3.63) is 47.6 Å². The average molecular weight is 1030 g/mol. The molecule has 3 unspecified atom stereocenters. The maximum atomic E-state index is 14.5. The first kappa shape index (κ1) is 61.6. The smallest absolute Gasteiger partial charge is 0.329 e. The quantitative estimate of drug-likeness (QED) is 0.137. The minimum atomic E-state index is -2.50. The molecule has 0 aromatic heterocycles. The standard InChI is InChI=1S/C56H87NO16/c1-33-16-12-11-13-17-34(2)41(30-58)28-42-21-19-39(7)56(68,73-42)51(64)52(65)57-23-15-14-18-43(57)53(66)71-46(29-44(61)35(3)25-38(6)49(63)50(70-10)48(62)37(5)24-33)36(4)26-40-20-22-45(47(27-40)69-9)72-54(67)55(8,31-59)32-60/h11-13,16-17,25,33,36-43,45-47,49-50,58-60,63,68H,14-15,18-24,26-32H2,1-10H3/t33-,36?,37-,38?,39-,40?,41-,42+,43+,45-,46+,47-,49-,50+,56-/m1/s1. The summed E-state index contributed by atoms with van der Waals surface area (Å²) in [6, 6.07) is -1.22. The number of rotatable bonds is 10. The highest BCUT2D eigenvalue weighted by Crippen LogP contribution is 2.39. The molecule has 1 amide bonds. The van der Waals surface area contributed by atoms with E-state index in [0.29, 0.717) is 57.8 Å². The van der Waals surface area contributed by atoms with Crippen molar-refractivity contribution in [2.75, 3.05) is 40.6 Å². The van der Waals surface area contributed by atoms with Crippen LogP contribution >= 0.6 is 0 Å². The molecule has 4 rings (SSSR count). The lowest BCUT2D eigenvalue weighted by Crippen LogP contribution is -2.60. The number of methoxy groups -OCH3 is 2. The zero-order valence-corrected chi connectivity index (χ0v) is 45.0. The number of carbonyl (C=O) groups excluding carboxylic acids is 6. The second-order valence-corrected chi connectivity index (χ2v) is 22.0. The van der Waals surface area contributed by atoms with Crippen molar-refractivity contribution < 1.29 is 78.0 Å². The van der Waals surface area contributed by atoms with Gasteiger partial charge in [-0.2, -0.15) is 0 Å². The number of ketones is 3. The van der Waals surface area contributed by atoms with Crippen LogP contribution in [-0.2, 0) is 52.5 Å². The molecule has 2 bridgehead atoms. The SMILES string of the molecule is CO[C@@H]1CC(CC(C)[C@@H]2CC(=O)C(C)=CC(C)[C@@H](O)[C@@H](OC)C(=O)[C@H](C)C[C@H](C)C=CC=CC=C(C)[C@@H](CO)C[C@@H]3CC[C@@H](C)[C@@](O)(O3)C(=O)C(=O)N3CCCC[C@H]3C(=O)O2)CC[C@H]1OC(=O)C(C)(CO)CO. The third-order valence-corrected chi connectivity index (χ3v) is 16.1. The Hall–Kier alpha value is -3.94. The topological polar surface area (TPSA) is 253 Å². The second-order valence-electron chi connectivity index (χ2n) is 22.0. The summed E-state index contributed by atoms with van der Waals surface area (Å²) in [5.41, 5.74) is -0.400. The summed E-state index contributed by atoms with van der Waals surface area (Å²) in [7, 11) is 2.86. The van der Waals surface area contributed by atoms with Crippen LogP contribution in [0, 0.1) is 46.8 Å². The lowest BCUT2D eigenvalue weighted by molar-refractivity contribution is -0.265. The van der Waals surface area contributed by atoms with Gasteiger partial charge >= 0.3 is 11.9 Å². The van der Waals surface area contributed by atoms with Crippen molar-refractivity contribution in [2.24, 2.45) is 46.8 Å². The molecule has 17 nitrogen and oxygen atoms in total. The molecule has 0 aromatic carbocycles. The Labute approximate surface area is 432 Å². The van der Waals surface area contributed by atoms with E-state index in [-0.39, 0.29) is 61.5 Å². The molecule has 73 heavy (non-hydrogen) atoms. The number of ether oxygens (including phenoxy) is 5. The Bertz CT molecular complexity index is 2010. The van der Waals surface area contributed by atoms with Gasteiger partial charge in [-0.05, 0) is 115 Å². The molecule has 3 heterocycles. The summed E-state index contributed by atoms with van der Waals surface area (Å²) >= 11 is 0. The van der Waals surface area contributed by atoms with Crippen LogP contribution in [0.3, 0.4) is 0 Å². The Morgan fingerprint density at radius 1 is 0.890 bits per heavy atom. The van der Waals surface area contributed by atoms with Gasteiger partial charge in [0.05, 0.1) is 31.5 Å². The Morgan fingerprint density at radius 2 is 1.59 bits per heavy atom. The van der Waals surface area contributed by atoms with E-state index in [1.54, 1.807) is 33.8 Å². The van der Waals surface area contributed by atoms with Crippen LogP contribution in [0.15, 0.2) is 47.6 Å². The molecular formula is C56H87NO16. The predicted molar refractivity (Wildman–Crippen MR) is 271 cm³/mol. The Balaban J connectivity index is 1.69. The first-order valence-electron chi connectivity index (χ1n) is 26.5. The van der Waals surface area contributed by atoms with E-state index in [1.807, 2.05) is 51.2 Å². The average Bonchev–Trinajstić information content (AvgIpc) is 3.37.